The largest absolute Gasteiger partial charge is 0.396 e. The molecule has 0 bridgehead atoms. The van der Waals surface area contributed by atoms with Gasteiger partial charge in [0.1, 0.15) is 9.39 Å². The molecule has 2 N–H and O–H groups in total. The predicted molar refractivity (Wildman–Crippen MR) is 60.4 cm³/mol. The Kier molecular flexibility index (Phi) is 2.73. The van der Waals surface area contributed by atoms with Gasteiger partial charge in [-0.05, 0) is 22.6 Å². The van der Waals surface area contributed by atoms with Crippen LogP contribution >= 0.6 is 22.6 Å². The topological polar surface area (TPSA) is 69.2 Å². The van der Waals surface area contributed by atoms with Gasteiger partial charge in [0.15, 0.2) is 0 Å². The molecule has 0 amide bonds. The molecule has 1 aromatic rings. The number of aliphatic hydroxyl groups excluding tert-OH is 1. The highest BCUT2D eigenvalue weighted by atomic mass is 127. The van der Waals surface area contributed by atoms with E-state index in [1.807, 2.05) is 27.5 Å². The molecule has 5 nitrogen and oxygen atoms in total. The Labute approximate surface area is 94.3 Å². The Morgan fingerprint density at radius 2 is 2.43 bits per heavy atom. The lowest BCUT2D eigenvalue weighted by atomic mass is 10.0. The van der Waals surface area contributed by atoms with E-state index in [1.165, 1.54) is 6.33 Å². The second-order valence-corrected chi connectivity index (χ2v) is 4.40. The summed E-state index contributed by atoms with van der Waals surface area (Å²) >= 11 is 1.99. The molecule has 76 valence electrons. The number of halogens is 1. The van der Waals surface area contributed by atoms with E-state index >= 15 is 0 Å². The van der Waals surface area contributed by atoms with E-state index in [2.05, 4.69) is 9.97 Å². The Morgan fingerprint density at radius 3 is 3.07 bits per heavy atom. The summed E-state index contributed by atoms with van der Waals surface area (Å²) in [6.07, 6.45) is 1.41. The van der Waals surface area contributed by atoms with Crippen LogP contribution in [0.5, 0.6) is 0 Å². The van der Waals surface area contributed by atoms with E-state index in [0.717, 1.165) is 18.9 Å². The predicted octanol–water partition coefficient (Wildman–Crippen LogP) is -0.197. The molecule has 0 aromatic carbocycles. The number of aromatic nitrogens is 2. The SMILES string of the molecule is O=c1[nH]cnc(N2CC(CO)C2)c1I. The number of nitrogens with zero attached hydrogens (tertiary/aromatic N) is 2. The standard InChI is InChI=1S/C8H10IN3O2/c9-6-7(10-4-11-8(6)14)12-1-5(2-12)3-13/h4-5,13H,1-3H2,(H,10,11,14). The second-order valence-electron chi connectivity index (χ2n) is 3.32. The molecule has 0 atom stereocenters. The molecule has 0 aliphatic carbocycles. The van der Waals surface area contributed by atoms with Crippen LogP contribution in [-0.2, 0) is 0 Å². The highest BCUT2D eigenvalue weighted by Crippen LogP contribution is 2.24. The molecule has 1 saturated heterocycles. The zero-order chi connectivity index (χ0) is 10.1. The summed E-state index contributed by atoms with van der Waals surface area (Å²) in [7, 11) is 0. The van der Waals surface area contributed by atoms with Crippen molar-refractivity contribution >= 4 is 28.4 Å². The Bertz CT molecular complexity index is 386. The van der Waals surface area contributed by atoms with Crippen molar-refractivity contribution in [3.05, 3.63) is 20.3 Å². The van der Waals surface area contributed by atoms with Crippen molar-refractivity contribution in [2.45, 2.75) is 0 Å². The van der Waals surface area contributed by atoms with Gasteiger partial charge in [0.05, 0.1) is 6.33 Å². The summed E-state index contributed by atoms with van der Waals surface area (Å²) in [6.45, 7) is 1.77. The second kappa shape index (κ2) is 3.85. The minimum Gasteiger partial charge on any atom is -0.396 e. The number of hydrogen-bond acceptors (Lipinski definition) is 4. The molecule has 2 rings (SSSR count). The maximum atomic E-state index is 11.3. The lowest BCUT2D eigenvalue weighted by molar-refractivity contribution is 0.200. The van der Waals surface area contributed by atoms with Crippen molar-refractivity contribution in [3.63, 3.8) is 0 Å². The van der Waals surface area contributed by atoms with E-state index in [9.17, 15) is 4.79 Å². The van der Waals surface area contributed by atoms with Crippen LogP contribution in [0.3, 0.4) is 0 Å². The smallest absolute Gasteiger partial charge is 0.266 e. The number of rotatable bonds is 2. The molecule has 0 radical (unpaired) electrons. The molecule has 1 aliphatic rings. The van der Waals surface area contributed by atoms with E-state index in [-0.39, 0.29) is 12.2 Å². The third kappa shape index (κ3) is 1.63. The first-order chi connectivity index (χ1) is 6.72. The minimum absolute atomic E-state index is 0.108. The molecule has 0 unspecified atom stereocenters. The third-order valence-electron chi connectivity index (χ3n) is 2.29. The molecule has 6 heteroatoms. The van der Waals surface area contributed by atoms with Crippen LogP contribution in [0, 0.1) is 9.49 Å². The summed E-state index contributed by atoms with van der Waals surface area (Å²) < 4.78 is 0.612. The molecule has 14 heavy (non-hydrogen) atoms. The first kappa shape index (κ1) is 9.91. The van der Waals surface area contributed by atoms with Gasteiger partial charge in [-0.3, -0.25) is 4.79 Å². The maximum absolute atomic E-state index is 11.3. The van der Waals surface area contributed by atoms with E-state index in [4.69, 9.17) is 5.11 Å². The lowest BCUT2D eigenvalue weighted by Crippen LogP contribution is -2.49. The van der Waals surface area contributed by atoms with Gasteiger partial charge >= 0.3 is 0 Å². The number of aromatic amines is 1. The van der Waals surface area contributed by atoms with Gasteiger partial charge in [0.25, 0.3) is 5.56 Å². The van der Waals surface area contributed by atoms with E-state index in [1.54, 1.807) is 0 Å². The molecular formula is C8H10IN3O2. The highest BCUT2D eigenvalue weighted by molar-refractivity contribution is 14.1. The van der Waals surface area contributed by atoms with Gasteiger partial charge in [0, 0.05) is 25.6 Å². The Balaban J connectivity index is 2.19. The molecule has 1 aliphatic heterocycles. The van der Waals surface area contributed by atoms with Crippen molar-refractivity contribution in [2.24, 2.45) is 5.92 Å². The van der Waals surface area contributed by atoms with Crippen LogP contribution in [-0.4, -0.2) is 34.8 Å². The number of aliphatic hydroxyl groups is 1. The van der Waals surface area contributed by atoms with Crippen LogP contribution in [0.25, 0.3) is 0 Å². The number of H-pyrrole nitrogens is 1. The zero-order valence-corrected chi connectivity index (χ0v) is 9.56. The van der Waals surface area contributed by atoms with E-state index < -0.39 is 0 Å². The van der Waals surface area contributed by atoms with E-state index in [0.29, 0.717) is 9.49 Å². The van der Waals surface area contributed by atoms with Crippen molar-refractivity contribution in [1.82, 2.24) is 9.97 Å². The summed E-state index contributed by atoms with van der Waals surface area (Å²) in [5.74, 6) is 1.05. The molecule has 1 aromatic heterocycles. The molecule has 0 spiro atoms. The summed E-state index contributed by atoms with van der Waals surface area (Å²) in [6, 6.07) is 0. The lowest BCUT2D eigenvalue weighted by Gasteiger charge is -2.39. The molecule has 1 fully saturated rings. The fourth-order valence-electron chi connectivity index (χ4n) is 1.45. The molecule has 0 saturated carbocycles. The maximum Gasteiger partial charge on any atom is 0.266 e. The number of hydrogen-bond donors (Lipinski definition) is 2. The minimum atomic E-state index is -0.108. The number of anilines is 1. The molecule has 2 heterocycles. The zero-order valence-electron chi connectivity index (χ0n) is 7.40. The monoisotopic (exact) mass is 307 g/mol. The quantitative estimate of drug-likeness (QED) is 0.743. The first-order valence-corrected chi connectivity index (χ1v) is 5.39. The van der Waals surface area contributed by atoms with Crippen molar-refractivity contribution in [1.29, 1.82) is 0 Å². The summed E-state index contributed by atoms with van der Waals surface area (Å²) in [4.78, 5) is 19.9. The van der Waals surface area contributed by atoms with Crippen LogP contribution < -0.4 is 10.5 Å². The normalized spacial score (nSPS) is 16.9. The summed E-state index contributed by atoms with van der Waals surface area (Å²) in [5, 5.41) is 8.86. The van der Waals surface area contributed by atoms with Crippen LogP contribution in [0.2, 0.25) is 0 Å². The van der Waals surface area contributed by atoms with Crippen molar-refractivity contribution in [2.75, 3.05) is 24.6 Å². The fraction of sp³-hybridized carbons (Fsp3) is 0.500. The third-order valence-corrected chi connectivity index (χ3v) is 3.27. The number of nitrogens with one attached hydrogen (secondary N) is 1. The first-order valence-electron chi connectivity index (χ1n) is 4.31. The van der Waals surface area contributed by atoms with Crippen molar-refractivity contribution in [3.8, 4) is 0 Å². The van der Waals surface area contributed by atoms with Gasteiger partial charge in [-0.25, -0.2) is 4.98 Å². The summed E-state index contributed by atoms with van der Waals surface area (Å²) in [5.41, 5.74) is -0.108. The van der Waals surface area contributed by atoms with Gasteiger partial charge in [-0.2, -0.15) is 0 Å². The average molecular weight is 307 g/mol. The van der Waals surface area contributed by atoms with Crippen LogP contribution in [0.15, 0.2) is 11.1 Å². The fourth-order valence-corrected chi connectivity index (χ4v) is 2.09. The van der Waals surface area contributed by atoms with Gasteiger partial charge in [0.2, 0.25) is 0 Å². The van der Waals surface area contributed by atoms with Gasteiger partial charge in [-0.1, -0.05) is 0 Å². The Hall–Kier alpha value is -0.630. The molecular weight excluding hydrogens is 297 g/mol. The van der Waals surface area contributed by atoms with Crippen molar-refractivity contribution < 1.29 is 5.11 Å². The van der Waals surface area contributed by atoms with Crippen LogP contribution in [0.4, 0.5) is 5.82 Å². The van der Waals surface area contributed by atoms with Gasteiger partial charge < -0.3 is 15.0 Å². The van der Waals surface area contributed by atoms with Crippen LogP contribution in [0.1, 0.15) is 0 Å². The average Bonchev–Trinajstić information content (AvgIpc) is 2.10. The Morgan fingerprint density at radius 1 is 1.71 bits per heavy atom. The highest BCUT2D eigenvalue weighted by Gasteiger charge is 2.28. The van der Waals surface area contributed by atoms with Gasteiger partial charge in [-0.15, -0.1) is 0 Å².